The Morgan fingerprint density at radius 2 is 1.97 bits per heavy atom. The summed E-state index contributed by atoms with van der Waals surface area (Å²) in [5, 5.41) is 11.3. The van der Waals surface area contributed by atoms with Crippen LogP contribution in [0.2, 0.25) is 5.02 Å². The second-order valence-corrected chi connectivity index (χ2v) is 9.69. The van der Waals surface area contributed by atoms with E-state index < -0.39 is 11.3 Å². The van der Waals surface area contributed by atoms with E-state index in [-0.39, 0.29) is 17.6 Å². The number of amides is 2. The van der Waals surface area contributed by atoms with Gasteiger partial charge in [-0.3, -0.25) is 19.1 Å². The maximum Gasteiger partial charge on any atom is 0.280 e. The van der Waals surface area contributed by atoms with Crippen molar-refractivity contribution in [2.24, 2.45) is 0 Å². The average molecular weight is 473 g/mol. The van der Waals surface area contributed by atoms with Gasteiger partial charge in [-0.1, -0.05) is 11.6 Å². The van der Waals surface area contributed by atoms with Crippen LogP contribution < -0.4 is 16.1 Å². The van der Waals surface area contributed by atoms with E-state index in [0.717, 1.165) is 36.1 Å². The molecule has 1 aromatic carbocycles. The highest BCUT2D eigenvalue weighted by Crippen LogP contribution is 2.38. The number of fused-ring (bicyclic) bond motifs is 2. The molecule has 0 atom stereocenters. The first-order chi connectivity index (χ1) is 15.3. The van der Waals surface area contributed by atoms with Crippen LogP contribution in [0.1, 0.15) is 64.9 Å². The molecule has 2 aromatic heterocycles. The van der Waals surface area contributed by atoms with Crippen molar-refractivity contribution in [2.75, 3.05) is 5.32 Å². The zero-order valence-electron chi connectivity index (χ0n) is 18.3. The molecular formula is C23H25ClN4O3S. The maximum atomic E-state index is 13.2. The van der Waals surface area contributed by atoms with Gasteiger partial charge in [0.2, 0.25) is 5.43 Å². The summed E-state index contributed by atoms with van der Waals surface area (Å²) in [5.41, 5.74) is 1.41. The quantitative estimate of drug-likeness (QED) is 0.575. The Morgan fingerprint density at radius 3 is 2.69 bits per heavy atom. The maximum absolute atomic E-state index is 13.2. The van der Waals surface area contributed by atoms with Crippen molar-refractivity contribution >= 4 is 50.7 Å². The van der Waals surface area contributed by atoms with E-state index in [1.165, 1.54) is 11.3 Å². The molecule has 9 heteroatoms. The summed E-state index contributed by atoms with van der Waals surface area (Å²) in [7, 11) is 0. The number of aromatic nitrogens is 2. The monoisotopic (exact) mass is 472 g/mol. The van der Waals surface area contributed by atoms with E-state index in [9.17, 15) is 14.4 Å². The molecule has 0 fully saturated rings. The number of aryl methyl sites for hydroxylation is 2. The largest absolute Gasteiger partial charge is 0.350 e. The van der Waals surface area contributed by atoms with Crippen molar-refractivity contribution in [1.82, 2.24) is 15.1 Å². The number of carbonyl (C=O) groups is 2. The van der Waals surface area contributed by atoms with Crippen LogP contribution in [0, 0.1) is 0 Å². The van der Waals surface area contributed by atoms with E-state index in [0.29, 0.717) is 33.0 Å². The summed E-state index contributed by atoms with van der Waals surface area (Å²) in [6, 6.07) is 4.93. The van der Waals surface area contributed by atoms with Gasteiger partial charge < -0.3 is 10.6 Å². The molecule has 0 aliphatic heterocycles. The van der Waals surface area contributed by atoms with Gasteiger partial charge in [0.15, 0.2) is 5.69 Å². The lowest BCUT2D eigenvalue weighted by Gasteiger charge is -2.14. The zero-order valence-corrected chi connectivity index (χ0v) is 19.8. The molecule has 168 valence electrons. The van der Waals surface area contributed by atoms with Crippen molar-refractivity contribution in [1.29, 1.82) is 0 Å². The Morgan fingerprint density at radius 1 is 1.22 bits per heavy atom. The molecular weight excluding hydrogens is 448 g/mol. The van der Waals surface area contributed by atoms with Gasteiger partial charge in [0.1, 0.15) is 5.00 Å². The Labute approximate surface area is 194 Å². The van der Waals surface area contributed by atoms with Gasteiger partial charge in [0.05, 0.1) is 16.5 Å². The first-order valence-corrected chi connectivity index (χ1v) is 12.0. The summed E-state index contributed by atoms with van der Waals surface area (Å²) >= 11 is 7.50. The summed E-state index contributed by atoms with van der Waals surface area (Å²) in [5.74, 6) is -0.838. The molecule has 2 N–H and O–H groups in total. The SMILES string of the molecule is CCn1nc(C(=O)Nc2sc3c(c2C(=O)NC(C)C)CCCC3)c(=O)c2cc(Cl)ccc21. The van der Waals surface area contributed by atoms with Crippen LogP contribution in [0.4, 0.5) is 5.00 Å². The summed E-state index contributed by atoms with van der Waals surface area (Å²) in [6.45, 7) is 6.15. The predicted molar refractivity (Wildman–Crippen MR) is 128 cm³/mol. The fraction of sp³-hybridized carbons (Fsp3) is 0.391. The number of benzene rings is 1. The van der Waals surface area contributed by atoms with Crippen LogP contribution in [-0.2, 0) is 19.4 Å². The van der Waals surface area contributed by atoms with E-state index in [1.807, 2.05) is 20.8 Å². The van der Waals surface area contributed by atoms with Crippen molar-refractivity contribution in [3.8, 4) is 0 Å². The van der Waals surface area contributed by atoms with Gasteiger partial charge in [0.25, 0.3) is 11.8 Å². The third-order valence-corrected chi connectivity index (χ3v) is 6.92. The third kappa shape index (κ3) is 4.17. The highest BCUT2D eigenvalue weighted by atomic mass is 35.5. The predicted octanol–water partition coefficient (Wildman–Crippen LogP) is 4.40. The average Bonchev–Trinajstić information content (AvgIpc) is 3.11. The van der Waals surface area contributed by atoms with Gasteiger partial charge in [-0.25, -0.2) is 0 Å². The molecule has 0 spiro atoms. The highest BCUT2D eigenvalue weighted by Gasteiger charge is 2.28. The lowest BCUT2D eigenvalue weighted by Crippen LogP contribution is -2.32. The molecule has 0 saturated heterocycles. The molecule has 4 rings (SSSR count). The van der Waals surface area contributed by atoms with Crippen LogP contribution >= 0.6 is 22.9 Å². The number of rotatable bonds is 5. The normalized spacial score (nSPS) is 13.3. The Kier molecular flexibility index (Phi) is 6.35. The molecule has 2 amide bonds. The minimum atomic E-state index is -0.628. The van der Waals surface area contributed by atoms with Crippen molar-refractivity contribution in [2.45, 2.75) is 59.0 Å². The lowest BCUT2D eigenvalue weighted by molar-refractivity contribution is 0.0943. The summed E-state index contributed by atoms with van der Waals surface area (Å²) < 4.78 is 1.60. The Bertz CT molecular complexity index is 1280. The molecule has 7 nitrogen and oxygen atoms in total. The first-order valence-electron chi connectivity index (χ1n) is 10.8. The second kappa shape index (κ2) is 9.03. The van der Waals surface area contributed by atoms with E-state index in [4.69, 9.17) is 11.6 Å². The molecule has 0 saturated carbocycles. The molecule has 1 aliphatic carbocycles. The number of nitrogens with one attached hydrogen (secondary N) is 2. The lowest BCUT2D eigenvalue weighted by atomic mass is 9.95. The van der Waals surface area contributed by atoms with Gasteiger partial charge in [-0.15, -0.1) is 11.3 Å². The number of anilines is 1. The highest BCUT2D eigenvalue weighted by molar-refractivity contribution is 7.17. The van der Waals surface area contributed by atoms with Gasteiger partial charge in [-0.05, 0) is 70.2 Å². The van der Waals surface area contributed by atoms with Crippen molar-refractivity contribution in [3.05, 3.63) is 55.1 Å². The van der Waals surface area contributed by atoms with E-state index in [2.05, 4.69) is 15.7 Å². The molecule has 32 heavy (non-hydrogen) atoms. The van der Waals surface area contributed by atoms with Gasteiger partial charge in [0, 0.05) is 22.5 Å². The molecule has 3 aromatic rings. The van der Waals surface area contributed by atoms with Crippen LogP contribution in [0.3, 0.4) is 0 Å². The van der Waals surface area contributed by atoms with Crippen LogP contribution in [-0.4, -0.2) is 27.6 Å². The van der Waals surface area contributed by atoms with Crippen LogP contribution in [0.25, 0.3) is 10.9 Å². The molecule has 0 radical (unpaired) electrons. The summed E-state index contributed by atoms with van der Waals surface area (Å²) in [6.07, 6.45) is 3.75. The Hall–Kier alpha value is -2.71. The zero-order chi connectivity index (χ0) is 23.0. The number of hydrogen-bond donors (Lipinski definition) is 2. The molecule has 1 aliphatic rings. The molecule has 0 bridgehead atoms. The van der Waals surface area contributed by atoms with Crippen LogP contribution in [0.15, 0.2) is 23.0 Å². The fourth-order valence-electron chi connectivity index (χ4n) is 4.04. The van der Waals surface area contributed by atoms with E-state index >= 15 is 0 Å². The number of halogens is 1. The van der Waals surface area contributed by atoms with Crippen molar-refractivity contribution in [3.63, 3.8) is 0 Å². The number of carbonyl (C=O) groups excluding carboxylic acids is 2. The fourth-order valence-corrected chi connectivity index (χ4v) is 5.50. The topological polar surface area (TPSA) is 93.1 Å². The smallest absolute Gasteiger partial charge is 0.280 e. The second-order valence-electron chi connectivity index (χ2n) is 8.15. The molecule has 0 unspecified atom stereocenters. The Balaban J connectivity index is 1.77. The number of nitrogens with zero attached hydrogens (tertiary/aromatic N) is 2. The number of hydrogen-bond acceptors (Lipinski definition) is 5. The standard InChI is InChI=1S/C23H25ClN4O3S/c1-4-28-16-10-9-13(24)11-15(16)20(29)19(27-28)22(31)26-23-18(21(30)25-12(2)3)14-7-5-6-8-17(14)32-23/h9-12H,4-8H2,1-3H3,(H,25,30)(H,26,31). The van der Waals surface area contributed by atoms with Crippen molar-refractivity contribution < 1.29 is 9.59 Å². The molecule has 2 heterocycles. The van der Waals surface area contributed by atoms with Crippen LogP contribution in [0.5, 0.6) is 0 Å². The number of thiophene rings is 1. The van der Waals surface area contributed by atoms with Gasteiger partial charge >= 0.3 is 0 Å². The minimum absolute atomic E-state index is 0.0335. The third-order valence-electron chi connectivity index (χ3n) is 5.48. The minimum Gasteiger partial charge on any atom is -0.350 e. The van der Waals surface area contributed by atoms with E-state index in [1.54, 1.807) is 22.9 Å². The summed E-state index contributed by atoms with van der Waals surface area (Å²) in [4.78, 5) is 40.3. The van der Waals surface area contributed by atoms with Gasteiger partial charge in [-0.2, -0.15) is 5.10 Å². The first kappa shape index (κ1) is 22.5.